The van der Waals surface area contributed by atoms with Crippen molar-refractivity contribution in [3.8, 4) is 0 Å². The van der Waals surface area contributed by atoms with Crippen molar-refractivity contribution in [3.63, 3.8) is 0 Å². The van der Waals surface area contributed by atoms with Crippen molar-refractivity contribution in [1.29, 1.82) is 0 Å². The van der Waals surface area contributed by atoms with Crippen LogP contribution in [0.25, 0.3) is 0 Å². The maximum atomic E-state index is 9.60. The third-order valence-electron chi connectivity index (χ3n) is 1.40. The van der Waals surface area contributed by atoms with Gasteiger partial charge in [-0.05, 0) is 20.8 Å². The summed E-state index contributed by atoms with van der Waals surface area (Å²) in [6.45, 7) is 15.4. The summed E-state index contributed by atoms with van der Waals surface area (Å²) in [5, 5.41) is 31.4. The van der Waals surface area contributed by atoms with Gasteiger partial charge in [0, 0.05) is 23.1 Å². The molecular weight excluding hydrogens is 308 g/mol. The van der Waals surface area contributed by atoms with Crippen molar-refractivity contribution in [2.45, 2.75) is 34.1 Å². The Balaban J connectivity index is -0.000000105. The molecule has 0 saturated heterocycles. The molecule has 0 saturated carbocycles. The van der Waals surface area contributed by atoms with Gasteiger partial charge in [-0.3, -0.25) is 4.79 Å². The van der Waals surface area contributed by atoms with Gasteiger partial charge < -0.3 is 20.4 Å². The first-order valence-corrected chi connectivity index (χ1v) is 6.08. The van der Waals surface area contributed by atoms with Crippen LogP contribution in [0, 0.1) is 0 Å². The van der Waals surface area contributed by atoms with Gasteiger partial charge in [0.25, 0.3) is 0 Å². The molecule has 0 heterocycles. The van der Waals surface area contributed by atoms with Crippen LogP contribution in [0.15, 0.2) is 36.5 Å². The number of carboxylic acids is 4. The molecule has 0 aromatic heterocycles. The first-order chi connectivity index (χ1) is 10.2. The normalized spacial score (nSPS) is 7.48. The van der Waals surface area contributed by atoms with Gasteiger partial charge in [-0.15, -0.1) is 0 Å². The Labute approximate surface area is 135 Å². The molecule has 0 radical (unpaired) electrons. The molecule has 23 heavy (non-hydrogen) atoms. The third kappa shape index (κ3) is 45.3. The lowest BCUT2D eigenvalue weighted by molar-refractivity contribution is -0.137. The second kappa shape index (κ2) is 17.2. The van der Waals surface area contributed by atoms with Crippen LogP contribution in [0.2, 0.25) is 0 Å². The van der Waals surface area contributed by atoms with Gasteiger partial charge in [0.05, 0.1) is 0 Å². The van der Waals surface area contributed by atoms with Crippen molar-refractivity contribution in [3.05, 3.63) is 36.5 Å². The highest BCUT2D eigenvalue weighted by molar-refractivity contribution is 5.85. The zero-order valence-electron chi connectivity index (χ0n) is 13.8. The molecule has 132 valence electrons. The molecule has 0 aliphatic heterocycles. The SMILES string of the molecule is C=C(C)C(=O)O.C=C(C)C(=O)O.C=C(C)C(=O)O.CCC(=O)O. The molecule has 8 nitrogen and oxygen atoms in total. The van der Waals surface area contributed by atoms with E-state index in [1.165, 1.54) is 20.8 Å². The highest BCUT2D eigenvalue weighted by Crippen LogP contribution is 1.82. The zero-order chi connectivity index (χ0) is 19.7. The summed E-state index contributed by atoms with van der Waals surface area (Å²) in [7, 11) is 0. The second-order valence-corrected chi connectivity index (χ2v) is 4.00. The number of rotatable bonds is 4. The van der Waals surface area contributed by atoms with Crippen LogP contribution >= 0.6 is 0 Å². The first-order valence-electron chi connectivity index (χ1n) is 6.08. The highest BCUT2D eigenvalue weighted by atomic mass is 16.4. The zero-order valence-corrected chi connectivity index (χ0v) is 13.8. The molecule has 0 aromatic rings. The highest BCUT2D eigenvalue weighted by Gasteiger charge is 1.91. The Morgan fingerprint density at radius 2 is 0.739 bits per heavy atom. The predicted octanol–water partition coefficient (Wildman–Crippen LogP) is 2.42. The molecule has 0 amide bonds. The summed E-state index contributed by atoms with van der Waals surface area (Å²) in [4.78, 5) is 38.2. The monoisotopic (exact) mass is 332 g/mol. The Morgan fingerprint density at radius 3 is 0.739 bits per heavy atom. The topological polar surface area (TPSA) is 149 Å². The summed E-state index contributed by atoms with van der Waals surface area (Å²) < 4.78 is 0. The van der Waals surface area contributed by atoms with Crippen LogP contribution in [-0.2, 0) is 19.2 Å². The number of aliphatic carboxylic acids is 4. The van der Waals surface area contributed by atoms with Gasteiger partial charge in [-0.1, -0.05) is 26.7 Å². The van der Waals surface area contributed by atoms with E-state index in [1.807, 2.05) is 0 Å². The molecule has 0 bridgehead atoms. The number of carbonyl (C=O) groups is 4. The lowest BCUT2D eigenvalue weighted by atomic mass is 10.4. The molecular formula is C15H24O8. The van der Waals surface area contributed by atoms with Crippen LogP contribution in [-0.4, -0.2) is 44.3 Å². The van der Waals surface area contributed by atoms with Crippen LogP contribution in [0.4, 0.5) is 0 Å². The molecule has 0 atom stereocenters. The van der Waals surface area contributed by atoms with Crippen molar-refractivity contribution < 1.29 is 39.6 Å². The third-order valence-corrected chi connectivity index (χ3v) is 1.40. The minimum atomic E-state index is -0.935. The molecule has 0 spiro atoms. The number of hydrogen-bond donors (Lipinski definition) is 4. The molecule has 0 unspecified atom stereocenters. The lowest BCUT2D eigenvalue weighted by Crippen LogP contribution is -1.92. The van der Waals surface area contributed by atoms with E-state index in [0.717, 1.165) is 0 Å². The van der Waals surface area contributed by atoms with E-state index < -0.39 is 23.9 Å². The van der Waals surface area contributed by atoms with Gasteiger partial charge in [0.1, 0.15) is 0 Å². The Bertz CT molecular complexity index is 367. The van der Waals surface area contributed by atoms with Crippen molar-refractivity contribution in [2.75, 3.05) is 0 Å². The standard InChI is InChI=1S/3C4H6O2.C3H6O2/c3*1-3(2)4(5)6;1-2-3(4)5/h3*1H2,2H3,(H,5,6);2H2,1H3,(H,4,5). The molecule has 0 fully saturated rings. The average molecular weight is 332 g/mol. The fraction of sp³-hybridized carbons (Fsp3) is 0.333. The summed E-state index contributed by atoms with van der Waals surface area (Å²) in [5.41, 5.74) is 0.528. The Kier molecular flexibility index (Phi) is 21.1. The quantitative estimate of drug-likeness (QED) is 0.573. The second-order valence-electron chi connectivity index (χ2n) is 4.00. The van der Waals surface area contributed by atoms with E-state index in [4.69, 9.17) is 20.4 Å². The maximum Gasteiger partial charge on any atom is 0.330 e. The van der Waals surface area contributed by atoms with Crippen LogP contribution in [0.3, 0.4) is 0 Å². The minimum Gasteiger partial charge on any atom is -0.481 e. The van der Waals surface area contributed by atoms with Crippen LogP contribution < -0.4 is 0 Å². The van der Waals surface area contributed by atoms with E-state index in [0.29, 0.717) is 0 Å². The summed E-state index contributed by atoms with van der Waals surface area (Å²) in [6, 6.07) is 0. The van der Waals surface area contributed by atoms with Crippen molar-refractivity contribution >= 4 is 23.9 Å². The molecule has 0 aliphatic rings. The van der Waals surface area contributed by atoms with Crippen molar-refractivity contribution in [2.24, 2.45) is 0 Å². The fourth-order valence-electron chi connectivity index (χ4n) is 0. The fourth-order valence-corrected chi connectivity index (χ4v) is 0. The lowest BCUT2D eigenvalue weighted by Gasteiger charge is -1.79. The van der Waals surface area contributed by atoms with E-state index in [1.54, 1.807) is 6.92 Å². The summed E-state index contributed by atoms with van der Waals surface area (Å²) >= 11 is 0. The van der Waals surface area contributed by atoms with Gasteiger partial charge >= 0.3 is 23.9 Å². The molecule has 4 N–H and O–H groups in total. The van der Waals surface area contributed by atoms with Crippen LogP contribution in [0.5, 0.6) is 0 Å². The van der Waals surface area contributed by atoms with Gasteiger partial charge in [-0.25, -0.2) is 14.4 Å². The molecule has 0 aliphatic carbocycles. The summed E-state index contributed by atoms with van der Waals surface area (Å²) in [5.74, 6) is -3.55. The minimum absolute atomic E-state index is 0.176. The predicted molar refractivity (Wildman–Crippen MR) is 85.3 cm³/mol. The van der Waals surface area contributed by atoms with Gasteiger partial charge in [0.15, 0.2) is 0 Å². The largest absolute Gasteiger partial charge is 0.481 e. The molecule has 0 rings (SSSR count). The smallest absolute Gasteiger partial charge is 0.330 e. The van der Waals surface area contributed by atoms with E-state index >= 15 is 0 Å². The Morgan fingerprint density at radius 1 is 0.652 bits per heavy atom. The van der Waals surface area contributed by atoms with Crippen LogP contribution in [0.1, 0.15) is 34.1 Å². The molecule has 8 heteroatoms. The van der Waals surface area contributed by atoms with Gasteiger partial charge in [-0.2, -0.15) is 0 Å². The van der Waals surface area contributed by atoms with Crippen molar-refractivity contribution in [1.82, 2.24) is 0 Å². The number of carboxylic acid groups (broad SMARTS) is 4. The Hall–Kier alpha value is -2.90. The summed E-state index contributed by atoms with van der Waals surface area (Å²) in [6.07, 6.45) is 0.222. The van der Waals surface area contributed by atoms with E-state index in [-0.39, 0.29) is 23.1 Å². The average Bonchev–Trinajstić information content (AvgIpc) is 2.40. The van der Waals surface area contributed by atoms with E-state index in [2.05, 4.69) is 19.7 Å². The number of hydrogen-bond acceptors (Lipinski definition) is 4. The first kappa shape index (κ1) is 28.3. The van der Waals surface area contributed by atoms with Gasteiger partial charge in [0.2, 0.25) is 0 Å². The van der Waals surface area contributed by atoms with E-state index in [9.17, 15) is 19.2 Å². The maximum absolute atomic E-state index is 9.60. The molecule has 0 aromatic carbocycles.